The summed E-state index contributed by atoms with van der Waals surface area (Å²) in [6.07, 6.45) is 0. The van der Waals surface area contributed by atoms with Crippen LogP contribution in [0.4, 0.5) is 8.78 Å². The number of rotatable bonds is 5. The molecule has 0 atom stereocenters. The third-order valence-corrected chi connectivity index (χ3v) is 2.71. The molecule has 0 radical (unpaired) electrons. The Morgan fingerprint density at radius 1 is 0.950 bits per heavy atom. The van der Waals surface area contributed by atoms with Crippen LogP contribution in [0.25, 0.3) is 0 Å². The Labute approximate surface area is 117 Å². The van der Waals surface area contributed by atoms with Gasteiger partial charge in [0.05, 0.1) is 0 Å². The molecule has 106 valence electrons. The third-order valence-electron chi connectivity index (χ3n) is 2.71. The standard InChI is InChI=1S/C16H17F2NO/c1-11(2)19-10-12-3-5-15(6-4-12)20-16-8-13(17)7-14(18)9-16/h3-9,11,19H,10H2,1-2H3. The van der Waals surface area contributed by atoms with Gasteiger partial charge in [0.25, 0.3) is 0 Å². The van der Waals surface area contributed by atoms with Crippen LogP contribution in [0.15, 0.2) is 42.5 Å². The van der Waals surface area contributed by atoms with Gasteiger partial charge in [-0.2, -0.15) is 0 Å². The maximum absolute atomic E-state index is 13.0. The summed E-state index contributed by atoms with van der Waals surface area (Å²) in [5, 5.41) is 3.31. The minimum atomic E-state index is -0.655. The van der Waals surface area contributed by atoms with Crippen LogP contribution in [0.1, 0.15) is 19.4 Å². The second kappa shape index (κ2) is 6.48. The molecule has 2 aromatic rings. The quantitative estimate of drug-likeness (QED) is 0.882. The Hall–Kier alpha value is -1.94. The van der Waals surface area contributed by atoms with E-state index in [-0.39, 0.29) is 5.75 Å². The van der Waals surface area contributed by atoms with E-state index in [1.165, 1.54) is 0 Å². The molecule has 0 aromatic heterocycles. The normalized spacial score (nSPS) is 10.8. The van der Waals surface area contributed by atoms with Crippen molar-refractivity contribution in [2.75, 3.05) is 0 Å². The molecule has 0 spiro atoms. The molecule has 20 heavy (non-hydrogen) atoms. The molecule has 0 amide bonds. The van der Waals surface area contributed by atoms with Gasteiger partial charge < -0.3 is 10.1 Å². The summed E-state index contributed by atoms with van der Waals surface area (Å²) in [5.74, 6) is -0.616. The molecule has 0 aliphatic heterocycles. The molecule has 1 N–H and O–H groups in total. The van der Waals surface area contributed by atoms with Crippen LogP contribution >= 0.6 is 0 Å². The monoisotopic (exact) mass is 277 g/mol. The lowest BCUT2D eigenvalue weighted by molar-refractivity contribution is 0.468. The van der Waals surface area contributed by atoms with Gasteiger partial charge in [-0.25, -0.2) is 8.78 Å². The van der Waals surface area contributed by atoms with E-state index in [0.717, 1.165) is 30.3 Å². The molecule has 0 aliphatic rings. The molecule has 0 bridgehead atoms. The van der Waals surface area contributed by atoms with Crippen molar-refractivity contribution in [3.05, 3.63) is 59.7 Å². The highest BCUT2D eigenvalue weighted by molar-refractivity contribution is 5.33. The first-order valence-corrected chi connectivity index (χ1v) is 6.49. The first-order chi connectivity index (χ1) is 9.52. The van der Waals surface area contributed by atoms with E-state index in [2.05, 4.69) is 19.2 Å². The SMILES string of the molecule is CC(C)NCc1ccc(Oc2cc(F)cc(F)c2)cc1. The fraction of sp³-hybridized carbons (Fsp3) is 0.250. The molecule has 0 heterocycles. The molecular weight excluding hydrogens is 260 g/mol. The second-order valence-electron chi connectivity index (χ2n) is 4.89. The smallest absolute Gasteiger partial charge is 0.133 e. The highest BCUT2D eigenvalue weighted by atomic mass is 19.1. The topological polar surface area (TPSA) is 21.3 Å². The predicted molar refractivity (Wildman–Crippen MR) is 74.8 cm³/mol. The zero-order valence-corrected chi connectivity index (χ0v) is 11.5. The van der Waals surface area contributed by atoms with Crippen molar-refractivity contribution < 1.29 is 13.5 Å². The van der Waals surface area contributed by atoms with Gasteiger partial charge in [-0.05, 0) is 17.7 Å². The maximum Gasteiger partial charge on any atom is 0.133 e. The van der Waals surface area contributed by atoms with Crippen molar-refractivity contribution in [2.24, 2.45) is 0 Å². The summed E-state index contributed by atoms with van der Waals surface area (Å²) in [6, 6.07) is 10.9. The van der Waals surface area contributed by atoms with Crippen LogP contribution in [0, 0.1) is 11.6 Å². The summed E-state index contributed by atoms with van der Waals surface area (Å²) < 4.78 is 31.5. The fourth-order valence-corrected chi connectivity index (χ4v) is 1.72. The molecule has 0 saturated carbocycles. The summed E-state index contributed by atoms with van der Waals surface area (Å²) in [4.78, 5) is 0. The molecule has 0 fully saturated rings. The Kier molecular flexibility index (Phi) is 4.69. The summed E-state index contributed by atoms with van der Waals surface area (Å²) >= 11 is 0. The van der Waals surface area contributed by atoms with Gasteiger partial charge in [0.2, 0.25) is 0 Å². The predicted octanol–water partition coefficient (Wildman–Crippen LogP) is 4.26. The van der Waals surface area contributed by atoms with Crippen molar-refractivity contribution in [3.8, 4) is 11.5 Å². The molecule has 0 saturated heterocycles. The van der Waals surface area contributed by atoms with E-state index in [9.17, 15) is 8.78 Å². The minimum Gasteiger partial charge on any atom is -0.457 e. The van der Waals surface area contributed by atoms with Gasteiger partial charge in [0.1, 0.15) is 23.1 Å². The highest BCUT2D eigenvalue weighted by Gasteiger charge is 2.03. The number of halogens is 2. The Morgan fingerprint density at radius 3 is 2.10 bits per heavy atom. The zero-order chi connectivity index (χ0) is 14.5. The highest BCUT2D eigenvalue weighted by Crippen LogP contribution is 2.23. The molecule has 2 rings (SSSR count). The number of benzene rings is 2. The van der Waals surface area contributed by atoms with E-state index in [1.54, 1.807) is 12.1 Å². The minimum absolute atomic E-state index is 0.149. The van der Waals surface area contributed by atoms with Crippen LogP contribution in [0.2, 0.25) is 0 Å². The molecule has 4 heteroatoms. The maximum atomic E-state index is 13.0. The first kappa shape index (κ1) is 14.5. The summed E-state index contributed by atoms with van der Waals surface area (Å²) in [6.45, 7) is 4.93. The third kappa shape index (κ3) is 4.31. The lowest BCUT2D eigenvalue weighted by atomic mass is 10.2. The van der Waals surface area contributed by atoms with Crippen molar-refractivity contribution in [2.45, 2.75) is 26.4 Å². The van der Waals surface area contributed by atoms with Crippen molar-refractivity contribution >= 4 is 0 Å². The van der Waals surface area contributed by atoms with E-state index in [1.807, 2.05) is 12.1 Å². The molecule has 0 aliphatic carbocycles. The number of hydrogen-bond donors (Lipinski definition) is 1. The van der Waals surface area contributed by atoms with E-state index in [4.69, 9.17) is 4.74 Å². The lowest BCUT2D eigenvalue weighted by Crippen LogP contribution is -2.21. The van der Waals surface area contributed by atoms with Crippen molar-refractivity contribution in [1.82, 2.24) is 5.32 Å². The van der Waals surface area contributed by atoms with Crippen molar-refractivity contribution in [1.29, 1.82) is 0 Å². The van der Waals surface area contributed by atoms with Crippen LogP contribution in [0.3, 0.4) is 0 Å². The summed E-state index contributed by atoms with van der Waals surface area (Å²) in [7, 11) is 0. The molecular formula is C16H17F2NO. The van der Waals surface area contributed by atoms with Crippen LogP contribution < -0.4 is 10.1 Å². The number of ether oxygens (including phenoxy) is 1. The lowest BCUT2D eigenvalue weighted by Gasteiger charge is -2.09. The Morgan fingerprint density at radius 2 is 1.55 bits per heavy atom. The molecule has 0 unspecified atom stereocenters. The van der Waals surface area contributed by atoms with Crippen LogP contribution in [-0.4, -0.2) is 6.04 Å². The van der Waals surface area contributed by atoms with Gasteiger partial charge in [0.15, 0.2) is 0 Å². The van der Waals surface area contributed by atoms with E-state index >= 15 is 0 Å². The fourth-order valence-electron chi connectivity index (χ4n) is 1.72. The van der Waals surface area contributed by atoms with Gasteiger partial charge in [0, 0.05) is 30.8 Å². The zero-order valence-electron chi connectivity index (χ0n) is 11.5. The Balaban J connectivity index is 2.03. The molecule has 2 aromatic carbocycles. The average molecular weight is 277 g/mol. The summed E-state index contributed by atoms with van der Waals surface area (Å²) in [5.41, 5.74) is 1.12. The number of hydrogen-bond acceptors (Lipinski definition) is 2. The van der Waals surface area contributed by atoms with Gasteiger partial charge in [-0.1, -0.05) is 26.0 Å². The van der Waals surface area contributed by atoms with Crippen molar-refractivity contribution in [3.63, 3.8) is 0 Å². The largest absolute Gasteiger partial charge is 0.457 e. The van der Waals surface area contributed by atoms with Gasteiger partial charge in [-0.3, -0.25) is 0 Å². The van der Waals surface area contributed by atoms with Crippen LogP contribution in [-0.2, 0) is 6.54 Å². The first-order valence-electron chi connectivity index (χ1n) is 6.49. The average Bonchev–Trinajstić information content (AvgIpc) is 2.36. The number of nitrogens with one attached hydrogen (secondary N) is 1. The Bertz CT molecular complexity index is 547. The van der Waals surface area contributed by atoms with E-state index < -0.39 is 11.6 Å². The van der Waals surface area contributed by atoms with Gasteiger partial charge in [-0.15, -0.1) is 0 Å². The molecule has 2 nitrogen and oxygen atoms in total. The van der Waals surface area contributed by atoms with E-state index in [0.29, 0.717) is 11.8 Å². The van der Waals surface area contributed by atoms with Gasteiger partial charge >= 0.3 is 0 Å². The van der Waals surface area contributed by atoms with Crippen LogP contribution in [0.5, 0.6) is 11.5 Å². The second-order valence-corrected chi connectivity index (χ2v) is 4.89.